The second kappa shape index (κ2) is 4.59. The summed E-state index contributed by atoms with van der Waals surface area (Å²) in [6.45, 7) is 2.54. The Morgan fingerprint density at radius 1 is 1.47 bits per heavy atom. The van der Waals surface area contributed by atoms with Gasteiger partial charge in [-0.3, -0.25) is 9.59 Å². The van der Waals surface area contributed by atoms with Gasteiger partial charge in [0.15, 0.2) is 0 Å². The maximum atomic E-state index is 12.6. The molecule has 1 unspecified atom stereocenters. The lowest BCUT2D eigenvalue weighted by molar-refractivity contribution is -0.150. The van der Waals surface area contributed by atoms with Crippen molar-refractivity contribution in [3.05, 3.63) is 20.8 Å². The normalized spacial score (nSPS) is 27.6. The SMILES string of the molecule is CC1(C2CC2)NC(=O)CN(Cc2ccc(Br)s2)C1=O. The number of piperazine rings is 1. The average molecular weight is 343 g/mol. The molecule has 1 atom stereocenters. The van der Waals surface area contributed by atoms with Gasteiger partial charge in [-0.2, -0.15) is 0 Å². The maximum Gasteiger partial charge on any atom is 0.249 e. The molecule has 1 saturated heterocycles. The van der Waals surface area contributed by atoms with Gasteiger partial charge in [-0.15, -0.1) is 11.3 Å². The van der Waals surface area contributed by atoms with Crippen molar-refractivity contribution in [2.24, 2.45) is 5.92 Å². The summed E-state index contributed by atoms with van der Waals surface area (Å²) in [5, 5.41) is 2.89. The van der Waals surface area contributed by atoms with Crippen LogP contribution in [0.4, 0.5) is 0 Å². The number of halogens is 1. The van der Waals surface area contributed by atoms with E-state index in [2.05, 4.69) is 21.2 Å². The van der Waals surface area contributed by atoms with E-state index >= 15 is 0 Å². The number of hydrogen-bond acceptors (Lipinski definition) is 3. The van der Waals surface area contributed by atoms with Gasteiger partial charge in [0.2, 0.25) is 11.8 Å². The van der Waals surface area contributed by atoms with E-state index in [9.17, 15) is 9.59 Å². The number of hydrogen-bond donors (Lipinski definition) is 1. The third kappa shape index (κ3) is 2.43. The van der Waals surface area contributed by atoms with Gasteiger partial charge < -0.3 is 10.2 Å². The summed E-state index contributed by atoms with van der Waals surface area (Å²) in [7, 11) is 0. The molecule has 0 aromatic carbocycles. The van der Waals surface area contributed by atoms with Gasteiger partial charge >= 0.3 is 0 Å². The van der Waals surface area contributed by atoms with Crippen molar-refractivity contribution in [3.8, 4) is 0 Å². The predicted octanol–water partition coefficient (Wildman–Crippen LogP) is 2.14. The van der Waals surface area contributed by atoms with Crippen LogP contribution in [-0.4, -0.2) is 28.8 Å². The van der Waals surface area contributed by atoms with Crippen LogP contribution < -0.4 is 5.32 Å². The van der Waals surface area contributed by atoms with E-state index in [-0.39, 0.29) is 18.4 Å². The summed E-state index contributed by atoms with van der Waals surface area (Å²) in [6.07, 6.45) is 2.06. The summed E-state index contributed by atoms with van der Waals surface area (Å²) in [5.41, 5.74) is -0.691. The van der Waals surface area contributed by atoms with Crippen molar-refractivity contribution in [1.82, 2.24) is 10.2 Å². The summed E-state index contributed by atoms with van der Waals surface area (Å²) < 4.78 is 1.04. The first-order valence-electron chi connectivity index (χ1n) is 6.33. The molecular formula is C13H15BrN2O2S. The van der Waals surface area contributed by atoms with Gasteiger partial charge in [-0.25, -0.2) is 0 Å². The first-order chi connectivity index (χ1) is 8.99. The molecule has 1 aliphatic carbocycles. The lowest BCUT2D eigenvalue weighted by Crippen LogP contribution is -2.66. The number of amides is 2. The molecule has 0 radical (unpaired) electrons. The molecule has 1 aromatic rings. The van der Waals surface area contributed by atoms with E-state index in [1.54, 1.807) is 16.2 Å². The van der Waals surface area contributed by atoms with Crippen molar-refractivity contribution in [2.75, 3.05) is 6.54 Å². The van der Waals surface area contributed by atoms with Crippen molar-refractivity contribution in [2.45, 2.75) is 31.8 Å². The third-order valence-corrected chi connectivity index (χ3v) is 5.44. The number of nitrogens with one attached hydrogen (secondary N) is 1. The van der Waals surface area contributed by atoms with Crippen molar-refractivity contribution in [1.29, 1.82) is 0 Å². The van der Waals surface area contributed by atoms with E-state index in [0.717, 1.165) is 21.5 Å². The van der Waals surface area contributed by atoms with Gasteiger partial charge in [0.05, 0.1) is 10.3 Å². The smallest absolute Gasteiger partial charge is 0.249 e. The molecule has 1 aliphatic heterocycles. The molecule has 1 aromatic heterocycles. The van der Waals surface area contributed by atoms with Crippen LogP contribution in [-0.2, 0) is 16.1 Å². The van der Waals surface area contributed by atoms with Crippen LogP contribution in [0.1, 0.15) is 24.6 Å². The molecule has 3 rings (SSSR count). The molecule has 1 N–H and O–H groups in total. The van der Waals surface area contributed by atoms with Crippen molar-refractivity contribution in [3.63, 3.8) is 0 Å². The van der Waals surface area contributed by atoms with E-state index in [1.165, 1.54) is 0 Å². The van der Waals surface area contributed by atoms with E-state index < -0.39 is 5.54 Å². The van der Waals surface area contributed by atoms with Gasteiger partial charge in [0.1, 0.15) is 12.1 Å². The Balaban J connectivity index is 1.80. The minimum Gasteiger partial charge on any atom is -0.340 e. The Hall–Kier alpha value is -0.880. The first kappa shape index (κ1) is 13.1. The number of rotatable bonds is 3. The van der Waals surface area contributed by atoms with Crippen molar-refractivity contribution < 1.29 is 9.59 Å². The highest BCUT2D eigenvalue weighted by molar-refractivity contribution is 9.11. The Morgan fingerprint density at radius 2 is 2.21 bits per heavy atom. The number of carbonyl (C=O) groups excluding carboxylic acids is 2. The Morgan fingerprint density at radius 3 is 2.79 bits per heavy atom. The lowest BCUT2D eigenvalue weighted by atomic mass is 9.91. The Bertz CT molecular complexity index is 541. The zero-order chi connectivity index (χ0) is 13.6. The number of carbonyl (C=O) groups is 2. The molecule has 0 spiro atoms. The zero-order valence-corrected chi connectivity index (χ0v) is 13.0. The standard InChI is InChI=1S/C13H15BrN2O2S/c1-13(8-2-3-8)12(18)16(7-11(17)15-13)6-9-4-5-10(14)19-9/h4-5,8H,2-3,6-7H2,1H3,(H,15,17). The van der Waals surface area contributed by atoms with E-state index in [0.29, 0.717) is 12.5 Å². The molecule has 2 amide bonds. The highest BCUT2D eigenvalue weighted by atomic mass is 79.9. The second-order valence-corrected chi connectivity index (χ2v) is 7.94. The topological polar surface area (TPSA) is 49.4 Å². The molecular weight excluding hydrogens is 328 g/mol. The second-order valence-electron chi connectivity index (χ2n) is 5.39. The molecule has 6 heteroatoms. The predicted molar refractivity (Wildman–Crippen MR) is 76.7 cm³/mol. The fraction of sp³-hybridized carbons (Fsp3) is 0.538. The lowest BCUT2D eigenvalue weighted by Gasteiger charge is -2.40. The van der Waals surface area contributed by atoms with Gasteiger partial charge in [0, 0.05) is 4.88 Å². The van der Waals surface area contributed by atoms with Crippen LogP contribution in [0, 0.1) is 5.92 Å². The fourth-order valence-electron chi connectivity index (χ4n) is 2.65. The summed E-state index contributed by atoms with van der Waals surface area (Å²) >= 11 is 5.02. The highest BCUT2D eigenvalue weighted by Gasteiger charge is 2.52. The summed E-state index contributed by atoms with van der Waals surface area (Å²) in [5.74, 6) is 0.311. The Kier molecular flexibility index (Phi) is 3.17. The van der Waals surface area contributed by atoms with Gasteiger partial charge in [0.25, 0.3) is 0 Å². The third-order valence-electron chi connectivity index (χ3n) is 3.83. The summed E-state index contributed by atoms with van der Waals surface area (Å²) in [4.78, 5) is 27.2. The highest BCUT2D eigenvalue weighted by Crippen LogP contribution is 2.41. The minimum atomic E-state index is -0.691. The first-order valence-corrected chi connectivity index (χ1v) is 7.94. The zero-order valence-electron chi connectivity index (χ0n) is 10.6. The molecule has 2 heterocycles. The molecule has 102 valence electrons. The number of thiophene rings is 1. The molecule has 1 saturated carbocycles. The maximum absolute atomic E-state index is 12.6. The van der Waals surface area contributed by atoms with Gasteiger partial charge in [-0.1, -0.05) is 0 Å². The van der Waals surface area contributed by atoms with Crippen LogP contribution in [0.3, 0.4) is 0 Å². The molecule has 0 bridgehead atoms. The summed E-state index contributed by atoms with van der Waals surface area (Å²) in [6, 6.07) is 3.96. The fourth-order valence-corrected chi connectivity index (χ4v) is 4.15. The molecule has 2 fully saturated rings. The van der Waals surface area contributed by atoms with Crippen LogP contribution in [0.2, 0.25) is 0 Å². The molecule has 19 heavy (non-hydrogen) atoms. The van der Waals surface area contributed by atoms with E-state index in [1.807, 2.05) is 19.1 Å². The minimum absolute atomic E-state index is 0.0513. The van der Waals surface area contributed by atoms with Gasteiger partial charge in [-0.05, 0) is 53.7 Å². The van der Waals surface area contributed by atoms with Crippen LogP contribution >= 0.6 is 27.3 Å². The Labute approximate surface area is 124 Å². The molecule has 2 aliphatic rings. The van der Waals surface area contributed by atoms with Crippen LogP contribution in [0.25, 0.3) is 0 Å². The van der Waals surface area contributed by atoms with Crippen molar-refractivity contribution >= 4 is 39.1 Å². The largest absolute Gasteiger partial charge is 0.340 e. The van der Waals surface area contributed by atoms with Crippen LogP contribution in [0.15, 0.2) is 15.9 Å². The number of nitrogens with zero attached hydrogens (tertiary/aromatic N) is 1. The van der Waals surface area contributed by atoms with Crippen LogP contribution in [0.5, 0.6) is 0 Å². The average Bonchev–Trinajstić information content (AvgIpc) is 3.11. The molecule has 4 nitrogen and oxygen atoms in total. The monoisotopic (exact) mass is 342 g/mol. The van der Waals surface area contributed by atoms with E-state index in [4.69, 9.17) is 0 Å². The quantitative estimate of drug-likeness (QED) is 0.914.